The van der Waals surface area contributed by atoms with Gasteiger partial charge in [-0.3, -0.25) is 4.72 Å². The zero-order chi connectivity index (χ0) is 14.0. The number of nitrogens with zero attached hydrogens (tertiary/aromatic N) is 1. The Bertz CT molecular complexity index is 674. The van der Waals surface area contributed by atoms with Crippen LogP contribution < -0.4 is 4.72 Å². The van der Waals surface area contributed by atoms with Crippen molar-refractivity contribution in [2.45, 2.75) is 6.42 Å². The smallest absolute Gasteiger partial charge is 0.229 e. The Morgan fingerprint density at radius 1 is 1.32 bits per heavy atom. The van der Waals surface area contributed by atoms with Gasteiger partial charge in [-0.2, -0.15) is 0 Å². The van der Waals surface area contributed by atoms with Gasteiger partial charge in [0.05, 0.1) is 11.9 Å². The summed E-state index contributed by atoms with van der Waals surface area (Å²) in [5, 5.41) is 0.953. The summed E-state index contributed by atoms with van der Waals surface area (Å²) >= 11 is 0. The third-order valence-electron chi connectivity index (χ3n) is 2.91. The molecule has 0 radical (unpaired) electrons. The lowest BCUT2D eigenvalue weighted by atomic mass is 10.1. The van der Waals surface area contributed by atoms with Gasteiger partial charge in [-0.25, -0.2) is 8.42 Å². The highest BCUT2D eigenvalue weighted by Gasteiger charge is 2.11. The highest BCUT2D eigenvalue weighted by atomic mass is 32.2. The predicted molar refractivity (Wildman–Crippen MR) is 79.0 cm³/mol. The maximum absolute atomic E-state index is 11.4. The van der Waals surface area contributed by atoms with Crippen LogP contribution >= 0.6 is 0 Å². The SMILES string of the molecule is CN(C)CCc1c[nH]c2cccc(NS(C)(=O)=O)c12. The molecule has 1 aromatic heterocycles. The largest absolute Gasteiger partial charge is 0.361 e. The van der Waals surface area contributed by atoms with E-state index < -0.39 is 10.0 Å². The van der Waals surface area contributed by atoms with E-state index in [0.717, 1.165) is 35.7 Å². The number of aromatic amines is 1. The van der Waals surface area contributed by atoms with Gasteiger partial charge in [-0.1, -0.05) is 6.07 Å². The molecule has 0 aliphatic heterocycles. The van der Waals surface area contributed by atoms with Crippen LogP contribution in [-0.4, -0.2) is 45.2 Å². The molecule has 2 rings (SSSR count). The van der Waals surface area contributed by atoms with E-state index in [1.165, 1.54) is 0 Å². The minimum absolute atomic E-state index is 0.634. The number of aromatic nitrogens is 1. The van der Waals surface area contributed by atoms with Crippen molar-refractivity contribution in [2.75, 3.05) is 31.6 Å². The van der Waals surface area contributed by atoms with Crippen LogP contribution in [0.1, 0.15) is 5.56 Å². The van der Waals surface area contributed by atoms with Crippen molar-refractivity contribution in [1.82, 2.24) is 9.88 Å². The number of hydrogen-bond donors (Lipinski definition) is 2. The summed E-state index contributed by atoms with van der Waals surface area (Å²) in [5.74, 6) is 0. The van der Waals surface area contributed by atoms with Crippen molar-refractivity contribution in [3.8, 4) is 0 Å². The van der Waals surface area contributed by atoms with E-state index in [2.05, 4.69) is 14.6 Å². The molecule has 19 heavy (non-hydrogen) atoms. The van der Waals surface area contributed by atoms with Gasteiger partial charge in [-0.15, -0.1) is 0 Å². The van der Waals surface area contributed by atoms with E-state index in [4.69, 9.17) is 0 Å². The van der Waals surface area contributed by atoms with Crippen molar-refractivity contribution in [3.05, 3.63) is 30.0 Å². The molecule has 0 amide bonds. The first kappa shape index (κ1) is 13.9. The Morgan fingerprint density at radius 3 is 2.68 bits per heavy atom. The number of hydrogen-bond acceptors (Lipinski definition) is 3. The van der Waals surface area contributed by atoms with E-state index in [-0.39, 0.29) is 0 Å². The summed E-state index contributed by atoms with van der Waals surface area (Å²) in [7, 11) is 0.768. The van der Waals surface area contributed by atoms with Gasteiger partial charge in [0.1, 0.15) is 0 Å². The fourth-order valence-corrected chi connectivity index (χ4v) is 2.65. The van der Waals surface area contributed by atoms with Gasteiger partial charge in [-0.05, 0) is 38.2 Å². The Labute approximate surface area is 113 Å². The molecule has 0 aliphatic rings. The standard InChI is InChI=1S/C13H19N3O2S/c1-16(2)8-7-10-9-14-11-5-4-6-12(13(10)11)15-19(3,17)18/h4-6,9,14-15H,7-8H2,1-3H3. The molecule has 0 bridgehead atoms. The average Bonchev–Trinajstić information content (AvgIpc) is 2.68. The van der Waals surface area contributed by atoms with E-state index >= 15 is 0 Å². The Balaban J connectivity index is 2.43. The van der Waals surface area contributed by atoms with E-state index in [0.29, 0.717) is 5.69 Å². The topological polar surface area (TPSA) is 65.2 Å². The van der Waals surface area contributed by atoms with Gasteiger partial charge in [0.15, 0.2) is 0 Å². The summed E-state index contributed by atoms with van der Waals surface area (Å²) in [6.45, 7) is 0.917. The molecule has 0 atom stereocenters. The molecule has 6 heteroatoms. The number of sulfonamides is 1. The van der Waals surface area contributed by atoms with Crippen LogP contribution in [0.4, 0.5) is 5.69 Å². The Morgan fingerprint density at radius 2 is 2.05 bits per heavy atom. The fraction of sp³-hybridized carbons (Fsp3) is 0.385. The summed E-state index contributed by atoms with van der Waals surface area (Å²) < 4.78 is 25.4. The van der Waals surface area contributed by atoms with Crippen LogP contribution in [0.5, 0.6) is 0 Å². The molecule has 104 valence electrons. The van der Waals surface area contributed by atoms with Gasteiger partial charge >= 0.3 is 0 Å². The van der Waals surface area contributed by atoms with Crippen LogP contribution in [-0.2, 0) is 16.4 Å². The number of likely N-dealkylation sites (N-methyl/N-ethyl adjacent to an activating group) is 1. The monoisotopic (exact) mass is 281 g/mol. The molecule has 5 nitrogen and oxygen atoms in total. The molecule has 1 aromatic carbocycles. The highest BCUT2D eigenvalue weighted by molar-refractivity contribution is 7.92. The maximum atomic E-state index is 11.4. The van der Waals surface area contributed by atoms with Gasteiger partial charge < -0.3 is 9.88 Å². The number of H-pyrrole nitrogens is 1. The summed E-state index contributed by atoms with van der Waals surface area (Å²) in [6.07, 6.45) is 3.98. The lowest BCUT2D eigenvalue weighted by Crippen LogP contribution is -2.15. The first-order valence-electron chi connectivity index (χ1n) is 6.08. The normalized spacial score (nSPS) is 12.2. The third kappa shape index (κ3) is 3.48. The summed E-state index contributed by atoms with van der Waals surface area (Å²) in [6, 6.07) is 5.57. The third-order valence-corrected chi connectivity index (χ3v) is 3.50. The highest BCUT2D eigenvalue weighted by Crippen LogP contribution is 2.27. The van der Waals surface area contributed by atoms with Gasteiger partial charge in [0, 0.05) is 23.6 Å². The lowest BCUT2D eigenvalue weighted by Gasteiger charge is -2.10. The molecule has 0 spiro atoms. The second-order valence-corrected chi connectivity index (χ2v) is 6.72. The molecular formula is C13H19N3O2S. The van der Waals surface area contributed by atoms with Crippen LogP contribution in [0, 0.1) is 0 Å². The number of fused-ring (bicyclic) bond motifs is 1. The van der Waals surface area contributed by atoms with Crippen molar-refractivity contribution in [3.63, 3.8) is 0 Å². The molecule has 0 saturated heterocycles. The summed E-state index contributed by atoms with van der Waals surface area (Å²) in [4.78, 5) is 5.29. The number of anilines is 1. The summed E-state index contributed by atoms with van der Waals surface area (Å²) in [5.41, 5.74) is 2.70. The Hall–Kier alpha value is -1.53. The zero-order valence-corrected chi connectivity index (χ0v) is 12.2. The molecule has 0 unspecified atom stereocenters. The fourth-order valence-electron chi connectivity index (χ4n) is 2.08. The van der Waals surface area contributed by atoms with Crippen LogP contribution in [0.2, 0.25) is 0 Å². The molecule has 1 heterocycles. The van der Waals surface area contributed by atoms with E-state index in [1.807, 2.05) is 32.4 Å². The van der Waals surface area contributed by atoms with Crippen molar-refractivity contribution in [2.24, 2.45) is 0 Å². The minimum atomic E-state index is -3.27. The van der Waals surface area contributed by atoms with Gasteiger partial charge in [0.25, 0.3) is 0 Å². The predicted octanol–water partition coefficient (Wildman–Crippen LogP) is 1.64. The van der Waals surface area contributed by atoms with Crippen LogP contribution in [0.25, 0.3) is 10.9 Å². The second kappa shape index (κ2) is 5.22. The van der Waals surface area contributed by atoms with Crippen molar-refractivity contribution in [1.29, 1.82) is 0 Å². The minimum Gasteiger partial charge on any atom is -0.361 e. The molecule has 0 aliphatic carbocycles. The molecule has 2 aromatic rings. The second-order valence-electron chi connectivity index (χ2n) is 4.97. The van der Waals surface area contributed by atoms with Crippen LogP contribution in [0.15, 0.2) is 24.4 Å². The molecule has 0 fully saturated rings. The maximum Gasteiger partial charge on any atom is 0.229 e. The van der Waals surface area contributed by atoms with Crippen molar-refractivity contribution < 1.29 is 8.42 Å². The first-order chi connectivity index (χ1) is 8.87. The number of rotatable bonds is 5. The first-order valence-corrected chi connectivity index (χ1v) is 7.97. The number of benzene rings is 1. The average molecular weight is 281 g/mol. The molecular weight excluding hydrogens is 262 g/mol. The Kier molecular flexibility index (Phi) is 3.82. The quantitative estimate of drug-likeness (QED) is 0.875. The lowest BCUT2D eigenvalue weighted by molar-refractivity contribution is 0.414. The van der Waals surface area contributed by atoms with Crippen molar-refractivity contribution >= 4 is 26.6 Å². The molecule has 2 N–H and O–H groups in total. The van der Waals surface area contributed by atoms with Gasteiger partial charge in [0.2, 0.25) is 10.0 Å². The van der Waals surface area contributed by atoms with E-state index in [9.17, 15) is 8.42 Å². The van der Waals surface area contributed by atoms with E-state index in [1.54, 1.807) is 6.07 Å². The molecule has 0 saturated carbocycles. The van der Waals surface area contributed by atoms with Crippen LogP contribution in [0.3, 0.4) is 0 Å². The zero-order valence-electron chi connectivity index (χ0n) is 11.4. The number of nitrogens with one attached hydrogen (secondary N) is 2.